The number of rotatable bonds is 4. The van der Waals surface area contributed by atoms with Crippen molar-refractivity contribution in [2.24, 2.45) is 5.73 Å². The number of nitrogens with zero attached hydrogens (tertiary/aromatic N) is 2. The Morgan fingerprint density at radius 3 is 2.46 bits per heavy atom. The molecule has 0 atom stereocenters. The van der Waals surface area contributed by atoms with Crippen molar-refractivity contribution in [3.63, 3.8) is 0 Å². The zero-order valence-corrected chi connectivity index (χ0v) is 13.9. The Morgan fingerprint density at radius 1 is 1.04 bits per heavy atom. The highest BCUT2D eigenvalue weighted by molar-refractivity contribution is 6.44. The molecule has 0 aliphatic heterocycles. The van der Waals surface area contributed by atoms with Gasteiger partial charge in [-0.3, -0.25) is 15.4 Å². The van der Waals surface area contributed by atoms with Crippen LogP contribution in [0.15, 0.2) is 54.7 Å². The van der Waals surface area contributed by atoms with Crippen LogP contribution in [0.1, 0.15) is 5.82 Å². The first-order valence-corrected chi connectivity index (χ1v) is 7.76. The smallest absolute Gasteiger partial charge is 0.167 e. The number of hydrogen-bond acceptors (Lipinski definition) is 3. The predicted octanol–water partition coefficient (Wildman–Crippen LogP) is 4.15. The van der Waals surface area contributed by atoms with Crippen molar-refractivity contribution in [3.8, 4) is 16.9 Å². The maximum atomic E-state index is 8.06. The largest absolute Gasteiger partial charge is 0.382 e. The van der Waals surface area contributed by atoms with Gasteiger partial charge in [-0.2, -0.15) is 0 Å². The fourth-order valence-corrected chi connectivity index (χ4v) is 2.71. The topological polar surface area (TPSA) is 91.5 Å². The summed E-state index contributed by atoms with van der Waals surface area (Å²) in [5.74, 6) is -0.128. The predicted molar refractivity (Wildman–Crippen MR) is 97.8 cm³/mol. The molecular formula is C17H13Cl2N5. The number of imidazole rings is 1. The van der Waals surface area contributed by atoms with Gasteiger partial charge in [0.25, 0.3) is 0 Å². The van der Waals surface area contributed by atoms with E-state index in [2.05, 4.69) is 4.98 Å². The number of amidine groups is 1. The third-order valence-electron chi connectivity index (χ3n) is 3.43. The molecular weight excluding hydrogens is 345 g/mol. The van der Waals surface area contributed by atoms with E-state index in [1.165, 1.54) is 0 Å². The molecule has 1 aromatic heterocycles. The number of benzene rings is 2. The van der Waals surface area contributed by atoms with Gasteiger partial charge in [-0.05, 0) is 24.3 Å². The molecule has 0 spiro atoms. The van der Waals surface area contributed by atoms with Crippen molar-refractivity contribution < 1.29 is 0 Å². The van der Waals surface area contributed by atoms with Gasteiger partial charge >= 0.3 is 0 Å². The molecule has 24 heavy (non-hydrogen) atoms. The third kappa shape index (κ3) is 3.04. The van der Waals surface area contributed by atoms with Crippen LogP contribution in [0.4, 0.5) is 0 Å². The Bertz CT molecular complexity index is 946. The summed E-state index contributed by atoms with van der Waals surface area (Å²) >= 11 is 12.3. The summed E-state index contributed by atoms with van der Waals surface area (Å²) in [5, 5.41) is 16.7. The molecule has 0 aliphatic rings. The molecule has 120 valence electrons. The van der Waals surface area contributed by atoms with Crippen molar-refractivity contribution in [1.82, 2.24) is 9.55 Å². The van der Waals surface area contributed by atoms with Crippen molar-refractivity contribution in [3.05, 3.63) is 70.6 Å². The first-order chi connectivity index (χ1) is 11.5. The molecule has 0 aliphatic carbocycles. The highest BCUT2D eigenvalue weighted by atomic mass is 35.5. The summed E-state index contributed by atoms with van der Waals surface area (Å²) in [7, 11) is 0. The molecule has 4 N–H and O–H groups in total. The van der Waals surface area contributed by atoms with Crippen LogP contribution in [0.5, 0.6) is 0 Å². The number of aromatic nitrogens is 2. The van der Waals surface area contributed by atoms with E-state index in [4.69, 9.17) is 39.8 Å². The van der Waals surface area contributed by atoms with Gasteiger partial charge in [0, 0.05) is 16.8 Å². The molecule has 0 bridgehead atoms. The van der Waals surface area contributed by atoms with E-state index < -0.39 is 0 Å². The Morgan fingerprint density at radius 2 is 1.79 bits per heavy atom. The van der Waals surface area contributed by atoms with Crippen LogP contribution < -0.4 is 5.73 Å². The van der Waals surface area contributed by atoms with Gasteiger partial charge in [-0.15, -0.1) is 0 Å². The van der Waals surface area contributed by atoms with Crippen LogP contribution in [0.3, 0.4) is 0 Å². The Kier molecular flexibility index (Phi) is 4.38. The van der Waals surface area contributed by atoms with Gasteiger partial charge in [-0.25, -0.2) is 4.98 Å². The van der Waals surface area contributed by atoms with Crippen LogP contribution in [0.2, 0.25) is 10.0 Å². The minimum atomic E-state index is -0.369. The monoisotopic (exact) mass is 357 g/mol. The van der Waals surface area contributed by atoms with Gasteiger partial charge in [0.05, 0.1) is 16.4 Å². The summed E-state index contributed by atoms with van der Waals surface area (Å²) in [5.41, 5.74) is 7.36. The minimum Gasteiger partial charge on any atom is -0.382 e. The lowest BCUT2D eigenvalue weighted by Crippen LogP contribution is -2.25. The Labute approximate surface area is 148 Å². The Hall–Kier alpha value is -2.63. The quantitative estimate of drug-likeness (QED) is 0.483. The first-order valence-electron chi connectivity index (χ1n) is 7.01. The summed E-state index contributed by atoms with van der Waals surface area (Å²) in [6, 6.07) is 14.4. The average Bonchev–Trinajstić information content (AvgIpc) is 2.99. The maximum Gasteiger partial charge on any atom is 0.167 e. The average molecular weight is 358 g/mol. The van der Waals surface area contributed by atoms with Crippen molar-refractivity contribution in [2.45, 2.75) is 0 Å². The van der Waals surface area contributed by atoms with Crippen molar-refractivity contribution >= 4 is 34.7 Å². The molecule has 5 nitrogen and oxygen atoms in total. The lowest BCUT2D eigenvalue weighted by Gasteiger charge is -2.09. The molecule has 0 saturated heterocycles. The van der Waals surface area contributed by atoms with Crippen molar-refractivity contribution in [2.75, 3.05) is 0 Å². The van der Waals surface area contributed by atoms with E-state index in [0.717, 1.165) is 5.56 Å². The number of halogens is 2. The molecule has 3 rings (SSSR count). The van der Waals surface area contributed by atoms with E-state index >= 15 is 0 Å². The van der Waals surface area contributed by atoms with Crippen LogP contribution >= 0.6 is 23.2 Å². The molecule has 2 aromatic carbocycles. The molecule has 1 heterocycles. The van der Waals surface area contributed by atoms with Crippen LogP contribution in [-0.4, -0.2) is 21.1 Å². The molecule has 0 saturated carbocycles. The number of nitrogens with one attached hydrogen (secondary N) is 2. The van der Waals surface area contributed by atoms with E-state index in [1.807, 2.05) is 30.3 Å². The molecule has 0 radical (unpaired) electrons. The molecule has 7 heteroatoms. The summed E-state index contributed by atoms with van der Waals surface area (Å²) in [6.07, 6.45) is 1.75. The summed E-state index contributed by atoms with van der Waals surface area (Å²) in [4.78, 5) is 4.46. The van der Waals surface area contributed by atoms with E-state index in [9.17, 15) is 0 Å². The van der Waals surface area contributed by atoms with Crippen LogP contribution in [0.25, 0.3) is 16.9 Å². The van der Waals surface area contributed by atoms with Crippen LogP contribution in [-0.2, 0) is 0 Å². The van der Waals surface area contributed by atoms with Gasteiger partial charge < -0.3 is 5.73 Å². The maximum absolute atomic E-state index is 8.06. The first kappa shape index (κ1) is 16.2. The van der Waals surface area contributed by atoms with Gasteiger partial charge in [0.15, 0.2) is 5.82 Å². The van der Waals surface area contributed by atoms with E-state index in [-0.39, 0.29) is 17.4 Å². The lowest BCUT2D eigenvalue weighted by atomic mass is 10.2. The standard InChI is InChI=1S/C17H13Cl2N5/c18-11-5-3-4-10(8-11)13-9-24(14-7-2-1-6-12(14)19)17(23-13)15(20)16(21)22/h1-9,20H,(H3,21,22). The van der Waals surface area contributed by atoms with E-state index in [1.54, 1.807) is 29.0 Å². The van der Waals surface area contributed by atoms with E-state index in [0.29, 0.717) is 21.4 Å². The van der Waals surface area contributed by atoms with Crippen molar-refractivity contribution in [1.29, 1.82) is 10.8 Å². The number of para-hydroxylation sites is 1. The minimum absolute atomic E-state index is 0.178. The Balaban J connectivity index is 2.22. The zero-order valence-electron chi connectivity index (χ0n) is 12.4. The molecule has 0 amide bonds. The lowest BCUT2D eigenvalue weighted by molar-refractivity contribution is 1.03. The SMILES string of the molecule is N=C(N)C(=N)c1nc(-c2cccc(Cl)c2)cn1-c1ccccc1Cl. The third-order valence-corrected chi connectivity index (χ3v) is 3.99. The summed E-state index contributed by atoms with van der Waals surface area (Å²) in [6.45, 7) is 0. The molecule has 3 aromatic rings. The second-order valence-electron chi connectivity index (χ2n) is 5.07. The second-order valence-corrected chi connectivity index (χ2v) is 5.91. The number of hydrogen-bond donors (Lipinski definition) is 3. The molecule has 0 fully saturated rings. The fourth-order valence-electron chi connectivity index (χ4n) is 2.29. The van der Waals surface area contributed by atoms with Gasteiger partial charge in [-0.1, -0.05) is 47.5 Å². The number of nitrogens with two attached hydrogens (primary N) is 1. The highest BCUT2D eigenvalue weighted by Crippen LogP contribution is 2.27. The molecule has 0 unspecified atom stereocenters. The second kappa shape index (κ2) is 6.47. The highest BCUT2D eigenvalue weighted by Gasteiger charge is 2.18. The van der Waals surface area contributed by atoms with Crippen LogP contribution in [0, 0.1) is 10.8 Å². The fraction of sp³-hybridized carbons (Fsp3) is 0. The normalized spacial score (nSPS) is 10.6. The van der Waals surface area contributed by atoms with Gasteiger partial charge in [0.1, 0.15) is 11.5 Å². The zero-order chi connectivity index (χ0) is 17.3. The summed E-state index contributed by atoms with van der Waals surface area (Å²) < 4.78 is 1.66. The van der Waals surface area contributed by atoms with Gasteiger partial charge in [0.2, 0.25) is 0 Å².